The van der Waals surface area contributed by atoms with E-state index in [4.69, 9.17) is 9.84 Å². The molecule has 1 rings (SSSR count). The van der Waals surface area contributed by atoms with E-state index in [9.17, 15) is 4.79 Å². The first-order chi connectivity index (χ1) is 7.06. The van der Waals surface area contributed by atoms with Gasteiger partial charge in [-0.1, -0.05) is 25.7 Å². The number of ether oxygens (including phenoxy) is 1. The van der Waals surface area contributed by atoms with Gasteiger partial charge >= 0.3 is 5.97 Å². The van der Waals surface area contributed by atoms with Crippen LogP contribution in [0.4, 0.5) is 0 Å². The third kappa shape index (κ3) is 4.20. The zero-order chi connectivity index (χ0) is 11.3. The fourth-order valence-electron chi connectivity index (χ4n) is 2.68. The van der Waals surface area contributed by atoms with Crippen LogP contribution in [0.1, 0.15) is 52.4 Å². The highest BCUT2D eigenvalue weighted by Crippen LogP contribution is 2.34. The summed E-state index contributed by atoms with van der Waals surface area (Å²) in [5.74, 6) is -0.0927. The Morgan fingerprint density at radius 2 is 2.07 bits per heavy atom. The molecule has 0 saturated heterocycles. The number of rotatable bonds is 6. The minimum Gasteiger partial charge on any atom is -0.481 e. The molecule has 1 atom stereocenters. The summed E-state index contributed by atoms with van der Waals surface area (Å²) in [4.78, 5) is 10.8. The molecule has 1 N–H and O–H groups in total. The van der Waals surface area contributed by atoms with E-state index in [0.29, 0.717) is 12.5 Å². The van der Waals surface area contributed by atoms with Crippen LogP contribution in [0.15, 0.2) is 0 Å². The average Bonchev–Trinajstić information content (AvgIpc) is 2.54. The molecule has 1 saturated carbocycles. The van der Waals surface area contributed by atoms with E-state index in [2.05, 4.69) is 0 Å². The van der Waals surface area contributed by atoms with Crippen molar-refractivity contribution in [3.8, 4) is 0 Å². The quantitative estimate of drug-likeness (QED) is 0.739. The van der Waals surface area contributed by atoms with Crippen molar-refractivity contribution >= 4 is 5.97 Å². The van der Waals surface area contributed by atoms with Crippen LogP contribution in [0, 0.1) is 5.92 Å². The van der Waals surface area contributed by atoms with Crippen molar-refractivity contribution < 1.29 is 14.6 Å². The van der Waals surface area contributed by atoms with Crippen LogP contribution in [0.25, 0.3) is 0 Å². The topological polar surface area (TPSA) is 46.5 Å². The molecular formula is C12H22O3. The summed E-state index contributed by atoms with van der Waals surface area (Å²) in [5.41, 5.74) is -0.463. The van der Waals surface area contributed by atoms with Gasteiger partial charge in [-0.2, -0.15) is 0 Å². The Kier molecular flexibility index (Phi) is 4.58. The summed E-state index contributed by atoms with van der Waals surface area (Å²) in [6.07, 6.45) is 6.08. The van der Waals surface area contributed by atoms with Gasteiger partial charge in [-0.05, 0) is 26.2 Å². The van der Waals surface area contributed by atoms with E-state index < -0.39 is 11.6 Å². The van der Waals surface area contributed by atoms with Crippen LogP contribution in [-0.2, 0) is 9.53 Å². The van der Waals surface area contributed by atoms with Crippen molar-refractivity contribution in [3.63, 3.8) is 0 Å². The van der Waals surface area contributed by atoms with Gasteiger partial charge in [-0.3, -0.25) is 4.79 Å². The molecule has 3 heteroatoms. The van der Waals surface area contributed by atoms with Gasteiger partial charge in [-0.25, -0.2) is 0 Å². The van der Waals surface area contributed by atoms with E-state index >= 15 is 0 Å². The Morgan fingerprint density at radius 3 is 2.53 bits per heavy atom. The Morgan fingerprint density at radius 1 is 1.47 bits per heavy atom. The monoisotopic (exact) mass is 214 g/mol. The lowest BCUT2D eigenvalue weighted by Gasteiger charge is -2.30. The van der Waals surface area contributed by atoms with Crippen LogP contribution in [0.5, 0.6) is 0 Å². The van der Waals surface area contributed by atoms with E-state index in [1.807, 2.05) is 13.8 Å². The maximum absolute atomic E-state index is 10.8. The second-order valence-corrected chi connectivity index (χ2v) is 4.81. The van der Waals surface area contributed by atoms with Gasteiger partial charge in [-0.15, -0.1) is 0 Å². The highest BCUT2D eigenvalue weighted by Gasteiger charge is 2.32. The third-order valence-corrected chi connectivity index (χ3v) is 3.21. The number of carboxylic acid groups (broad SMARTS) is 1. The molecule has 88 valence electrons. The fourth-order valence-corrected chi connectivity index (χ4v) is 2.68. The standard InChI is InChI=1S/C12H22O3/c1-3-15-12(2,9-11(13)14)8-10-6-4-5-7-10/h10H,3-9H2,1-2H3,(H,13,14). The molecule has 1 fully saturated rings. The molecule has 0 amide bonds. The lowest BCUT2D eigenvalue weighted by Crippen LogP contribution is -2.34. The van der Waals surface area contributed by atoms with Gasteiger partial charge in [0, 0.05) is 6.61 Å². The molecule has 0 spiro atoms. The number of aliphatic carboxylic acids is 1. The van der Waals surface area contributed by atoms with Crippen molar-refractivity contribution in [2.24, 2.45) is 5.92 Å². The van der Waals surface area contributed by atoms with Gasteiger partial charge in [0.25, 0.3) is 0 Å². The Balaban J connectivity index is 2.50. The van der Waals surface area contributed by atoms with Gasteiger partial charge < -0.3 is 9.84 Å². The molecule has 1 aliphatic carbocycles. The predicted octanol–water partition coefficient (Wildman–Crippen LogP) is 2.84. The number of carbonyl (C=O) groups is 1. The zero-order valence-electron chi connectivity index (χ0n) is 9.79. The van der Waals surface area contributed by atoms with Crippen molar-refractivity contribution in [1.29, 1.82) is 0 Å². The summed E-state index contributed by atoms with van der Waals surface area (Å²) in [5, 5.41) is 8.87. The highest BCUT2D eigenvalue weighted by atomic mass is 16.5. The molecular weight excluding hydrogens is 192 g/mol. The van der Waals surface area contributed by atoms with E-state index in [-0.39, 0.29) is 6.42 Å². The second kappa shape index (κ2) is 5.50. The van der Waals surface area contributed by atoms with E-state index in [1.165, 1.54) is 25.7 Å². The van der Waals surface area contributed by atoms with Gasteiger partial charge in [0.05, 0.1) is 12.0 Å². The van der Waals surface area contributed by atoms with Crippen LogP contribution in [-0.4, -0.2) is 23.3 Å². The minimum absolute atomic E-state index is 0.122. The first kappa shape index (κ1) is 12.5. The summed E-state index contributed by atoms with van der Waals surface area (Å²) < 4.78 is 5.62. The summed E-state index contributed by atoms with van der Waals surface area (Å²) in [7, 11) is 0. The lowest BCUT2D eigenvalue weighted by atomic mass is 9.88. The van der Waals surface area contributed by atoms with E-state index in [0.717, 1.165) is 6.42 Å². The van der Waals surface area contributed by atoms with Crippen LogP contribution >= 0.6 is 0 Å². The van der Waals surface area contributed by atoms with E-state index in [1.54, 1.807) is 0 Å². The summed E-state index contributed by atoms with van der Waals surface area (Å²) in [6, 6.07) is 0. The van der Waals surface area contributed by atoms with Crippen LogP contribution in [0.2, 0.25) is 0 Å². The smallest absolute Gasteiger partial charge is 0.306 e. The molecule has 3 nitrogen and oxygen atoms in total. The molecule has 0 aliphatic heterocycles. The number of carboxylic acids is 1. The van der Waals surface area contributed by atoms with Gasteiger partial charge in [0.1, 0.15) is 0 Å². The molecule has 0 aromatic heterocycles. The van der Waals surface area contributed by atoms with Gasteiger partial charge in [0.2, 0.25) is 0 Å². The first-order valence-corrected chi connectivity index (χ1v) is 5.91. The van der Waals surface area contributed by atoms with Crippen molar-refractivity contribution in [2.45, 2.75) is 58.0 Å². The maximum atomic E-state index is 10.8. The average molecular weight is 214 g/mol. The summed E-state index contributed by atoms with van der Waals surface area (Å²) >= 11 is 0. The largest absolute Gasteiger partial charge is 0.481 e. The maximum Gasteiger partial charge on any atom is 0.306 e. The molecule has 1 aliphatic rings. The van der Waals surface area contributed by atoms with Crippen LogP contribution < -0.4 is 0 Å². The molecule has 0 radical (unpaired) electrons. The fraction of sp³-hybridized carbons (Fsp3) is 0.917. The van der Waals surface area contributed by atoms with Crippen LogP contribution in [0.3, 0.4) is 0 Å². The SMILES string of the molecule is CCOC(C)(CC(=O)O)CC1CCCC1. The molecule has 0 aromatic rings. The number of hydrogen-bond donors (Lipinski definition) is 1. The molecule has 0 bridgehead atoms. The lowest BCUT2D eigenvalue weighted by molar-refractivity contribution is -0.145. The van der Waals surface area contributed by atoms with Gasteiger partial charge in [0.15, 0.2) is 0 Å². The van der Waals surface area contributed by atoms with Crippen molar-refractivity contribution in [3.05, 3.63) is 0 Å². The van der Waals surface area contributed by atoms with Crippen molar-refractivity contribution in [1.82, 2.24) is 0 Å². The van der Waals surface area contributed by atoms with Crippen molar-refractivity contribution in [2.75, 3.05) is 6.61 Å². The summed E-state index contributed by atoms with van der Waals surface area (Å²) in [6.45, 7) is 4.45. The number of hydrogen-bond acceptors (Lipinski definition) is 2. The Bertz CT molecular complexity index is 209. The Labute approximate surface area is 91.8 Å². The molecule has 15 heavy (non-hydrogen) atoms. The predicted molar refractivity (Wildman–Crippen MR) is 58.9 cm³/mol. The molecule has 0 heterocycles. The second-order valence-electron chi connectivity index (χ2n) is 4.81. The minimum atomic E-state index is -0.760. The Hall–Kier alpha value is -0.570. The highest BCUT2D eigenvalue weighted by molar-refractivity contribution is 5.68. The first-order valence-electron chi connectivity index (χ1n) is 5.91. The molecule has 0 aromatic carbocycles. The zero-order valence-corrected chi connectivity index (χ0v) is 9.79. The molecule has 1 unspecified atom stereocenters. The third-order valence-electron chi connectivity index (χ3n) is 3.21. The normalized spacial score (nSPS) is 21.5.